The SMILES string of the molecule is COCOc1ccccc1OC(c1ccccc1)[C@@H]1CNCCO1. The third kappa shape index (κ3) is 4.26. The Labute approximate surface area is 142 Å². The number of rotatable bonds is 7. The zero-order chi connectivity index (χ0) is 16.6. The molecule has 3 rings (SSSR count). The van der Waals surface area contributed by atoms with Gasteiger partial charge in [0.05, 0.1) is 6.61 Å². The van der Waals surface area contributed by atoms with Crippen molar-refractivity contribution < 1.29 is 18.9 Å². The lowest BCUT2D eigenvalue weighted by Crippen LogP contribution is -2.43. The number of hydrogen-bond donors (Lipinski definition) is 1. The Hall–Kier alpha value is -2.08. The summed E-state index contributed by atoms with van der Waals surface area (Å²) >= 11 is 0. The largest absolute Gasteiger partial charge is 0.479 e. The van der Waals surface area contributed by atoms with Crippen molar-refractivity contribution in [2.45, 2.75) is 12.2 Å². The summed E-state index contributed by atoms with van der Waals surface area (Å²) in [6.07, 6.45) is -0.275. The van der Waals surface area contributed by atoms with Gasteiger partial charge in [-0.3, -0.25) is 0 Å². The molecule has 1 heterocycles. The number of methoxy groups -OCH3 is 1. The summed E-state index contributed by atoms with van der Waals surface area (Å²) in [5, 5.41) is 3.36. The maximum atomic E-state index is 6.32. The maximum Gasteiger partial charge on any atom is 0.188 e. The molecule has 1 unspecified atom stereocenters. The standard InChI is InChI=1S/C19H23NO4/c1-21-14-23-16-9-5-6-10-17(16)24-19(15-7-3-2-4-8-15)18-13-20-11-12-22-18/h2-10,18-20H,11-14H2,1H3/t18-,19?/m0/s1. The van der Waals surface area contributed by atoms with Gasteiger partial charge in [0.1, 0.15) is 6.10 Å². The van der Waals surface area contributed by atoms with E-state index in [1.807, 2.05) is 42.5 Å². The molecule has 2 aromatic carbocycles. The molecule has 1 aliphatic rings. The van der Waals surface area contributed by atoms with Gasteiger partial charge in [-0.25, -0.2) is 0 Å². The number of nitrogens with one attached hydrogen (secondary N) is 1. The van der Waals surface area contributed by atoms with Gasteiger partial charge >= 0.3 is 0 Å². The van der Waals surface area contributed by atoms with E-state index in [1.165, 1.54) is 0 Å². The molecule has 128 valence electrons. The Kier molecular flexibility index (Phi) is 6.07. The van der Waals surface area contributed by atoms with Crippen LogP contribution in [0.25, 0.3) is 0 Å². The predicted molar refractivity (Wildman–Crippen MR) is 91.4 cm³/mol. The van der Waals surface area contributed by atoms with Gasteiger partial charge in [-0.2, -0.15) is 0 Å². The molecule has 5 nitrogen and oxygen atoms in total. The van der Waals surface area contributed by atoms with E-state index in [1.54, 1.807) is 7.11 Å². The first-order valence-corrected chi connectivity index (χ1v) is 8.13. The Morgan fingerprint density at radius 3 is 2.54 bits per heavy atom. The fourth-order valence-corrected chi connectivity index (χ4v) is 2.71. The first-order chi connectivity index (χ1) is 11.9. The maximum absolute atomic E-state index is 6.32. The van der Waals surface area contributed by atoms with Crippen LogP contribution in [0.1, 0.15) is 11.7 Å². The van der Waals surface area contributed by atoms with E-state index in [4.69, 9.17) is 18.9 Å². The van der Waals surface area contributed by atoms with Crippen LogP contribution in [0.3, 0.4) is 0 Å². The van der Waals surface area contributed by atoms with E-state index in [2.05, 4.69) is 17.4 Å². The second-order valence-electron chi connectivity index (χ2n) is 5.56. The van der Waals surface area contributed by atoms with E-state index in [9.17, 15) is 0 Å². The van der Waals surface area contributed by atoms with Gasteiger partial charge in [0.25, 0.3) is 0 Å². The molecule has 1 fully saturated rings. The summed E-state index contributed by atoms with van der Waals surface area (Å²) < 4.78 is 22.9. The van der Waals surface area contributed by atoms with E-state index >= 15 is 0 Å². The highest BCUT2D eigenvalue weighted by molar-refractivity contribution is 5.40. The monoisotopic (exact) mass is 329 g/mol. The Bertz CT molecular complexity index is 614. The zero-order valence-electron chi connectivity index (χ0n) is 13.8. The van der Waals surface area contributed by atoms with Crippen LogP contribution < -0.4 is 14.8 Å². The molecule has 0 spiro atoms. The lowest BCUT2D eigenvalue weighted by molar-refractivity contribution is -0.0448. The highest BCUT2D eigenvalue weighted by atomic mass is 16.7. The molecule has 0 amide bonds. The molecule has 1 N–H and O–H groups in total. The quantitative estimate of drug-likeness (QED) is 0.792. The Balaban J connectivity index is 1.84. The molecule has 2 aromatic rings. The fourth-order valence-electron chi connectivity index (χ4n) is 2.71. The summed E-state index contributed by atoms with van der Waals surface area (Å²) in [5.41, 5.74) is 1.08. The van der Waals surface area contributed by atoms with Crippen LogP contribution in [0, 0.1) is 0 Å². The number of benzene rings is 2. The van der Waals surface area contributed by atoms with Crippen molar-refractivity contribution in [2.75, 3.05) is 33.6 Å². The van der Waals surface area contributed by atoms with Crippen LogP contribution in [0.4, 0.5) is 0 Å². The van der Waals surface area contributed by atoms with Crippen LogP contribution in [-0.4, -0.2) is 39.7 Å². The molecule has 0 radical (unpaired) electrons. The second kappa shape index (κ2) is 8.68. The molecule has 5 heteroatoms. The van der Waals surface area contributed by atoms with E-state index in [-0.39, 0.29) is 19.0 Å². The number of para-hydroxylation sites is 2. The normalized spacial score (nSPS) is 18.8. The summed E-state index contributed by atoms with van der Waals surface area (Å²) in [5.74, 6) is 1.33. The van der Waals surface area contributed by atoms with Gasteiger partial charge in [0.2, 0.25) is 0 Å². The minimum Gasteiger partial charge on any atom is -0.479 e. The lowest BCUT2D eigenvalue weighted by atomic mass is 10.0. The van der Waals surface area contributed by atoms with Crippen molar-refractivity contribution in [1.29, 1.82) is 0 Å². The molecule has 1 saturated heterocycles. The summed E-state index contributed by atoms with van der Waals surface area (Å²) in [4.78, 5) is 0. The van der Waals surface area contributed by atoms with Crippen LogP contribution >= 0.6 is 0 Å². The van der Waals surface area contributed by atoms with E-state index in [0.717, 1.165) is 18.7 Å². The number of morpholine rings is 1. The van der Waals surface area contributed by atoms with Crippen molar-refractivity contribution in [3.05, 3.63) is 60.2 Å². The first kappa shape index (κ1) is 16.8. The molecule has 1 aliphatic heterocycles. The van der Waals surface area contributed by atoms with E-state index in [0.29, 0.717) is 18.1 Å². The highest BCUT2D eigenvalue weighted by Crippen LogP contribution is 2.33. The molecule has 24 heavy (non-hydrogen) atoms. The van der Waals surface area contributed by atoms with Crippen molar-refractivity contribution in [3.8, 4) is 11.5 Å². The van der Waals surface area contributed by atoms with Gasteiger partial charge in [-0.1, -0.05) is 42.5 Å². The molecular formula is C19H23NO4. The molecule has 0 aromatic heterocycles. The topological polar surface area (TPSA) is 49.0 Å². The fraction of sp³-hybridized carbons (Fsp3) is 0.368. The number of hydrogen-bond acceptors (Lipinski definition) is 5. The van der Waals surface area contributed by atoms with Crippen molar-refractivity contribution >= 4 is 0 Å². The zero-order valence-corrected chi connectivity index (χ0v) is 13.8. The van der Waals surface area contributed by atoms with Crippen molar-refractivity contribution in [3.63, 3.8) is 0 Å². The summed E-state index contributed by atoms with van der Waals surface area (Å²) in [7, 11) is 1.60. The molecule has 2 atom stereocenters. The molecule has 0 aliphatic carbocycles. The van der Waals surface area contributed by atoms with Gasteiger partial charge in [-0.05, 0) is 17.7 Å². The van der Waals surface area contributed by atoms with E-state index < -0.39 is 0 Å². The average molecular weight is 329 g/mol. The van der Waals surface area contributed by atoms with Crippen molar-refractivity contribution in [2.24, 2.45) is 0 Å². The average Bonchev–Trinajstić information content (AvgIpc) is 2.66. The molecular weight excluding hydrogens is 306 g/mol. The first-order valence-electron chi connectivity index (χ1n) is 8.13. The van der Waals surface area contributed by atoms with Crippen LogP contribution in [-0.2, 0) is 9.47 Å². The van der Waals surface area contributed by atoms with Crippen molar-refractivity contribution in [1.82, 2.24) is 5.32 Å². The lowest BCUT2D eigenvalue weighted by Gasteiger charge is -2.32. The highest BCUT2D eigenvalue weighted by Gasteiger charge is 2.28. The molecule has 0 saturated carbocycles. The van der Waals surface area contributed by atoms with Crippen LogP contribution in [0.2, 0.25) is 0 Å². The minimum atomic E-state index is -0.216. The van der Waals surface area contributed by atoms with Gasteiger partial charge in [0.15, 0.2) is 24.4 Å². The Morgan fingerprint density at radius 2 is 1.83 bits per heavy atom. The van der Waals surface area contributed by atoms with Crippen LogP contribution in [0.5, 0.6) is 11.5 Å². The second-order valence-corrected chi connectivity index (χ2v) is 5.56. The predicted octanol–water partition coefficient (Wildman–Crippen LogP) is 2.78. The Morgan fingerprint density at radius 1 is 1.08 bits per heavy atom. The third-order valence-corrected chi connectivity index (χ3v) is 3.86. The number of ether oxygens (including phenoxy) is 4. The van der Waals surface area contributed by atoms with Gasteiger partial charge in [0, 0.05) is 20.2 Å². The van der Waals surface area contributed by atoms with Crippen LogP contribution in [0.15, 0.2) is 54.6 Å². The van der Waals surface area contributed by atoms with Gasteiger partial charge < -0.3 is 24.3 Å². The molecule has 0 bridgehead atoms. The smallest absolute Gasteiger partial charge is 0.188 e. The third-order valence-electron chi connectivity index (χ3n) is 3.86. The summed E-state index contributed by atoms with van der Waals surface area (Å²) in [6, 6.07) is 17.7. The summed E-state index contributed by atoms with van der Waals surface area (Å²) in [6.45, 7) is 2.48. The van der Waals surface area contributed by atoms with Gasteiger partial charge in [-0.15, -0.1) is 0 Å². The minimum absolute atomic E-state index is 0.0587.